The average Bonchev–Trinajstić information content (AvgIpc) is 2.62. The molecule has 0 saturated carbocycles. The van der Waals surface area contributed by atoms with Crippen LogP contribution in [0.5, 0.6) is 5.75 Å². The SMILES string of the molecule is CC(C)CCCOc1ccc2c3ccnc(C(F)F)c3c(=O)n(C)c2c1. The lowest BCUT2D eigenvalue weighted by molar-refractivity contribution is 0.148. The number of ether oxygens (including phenoxy) is 1. The molecule has 0 aliphatic rings. The van der Waals surface area contributed by atoms with E-state index in [-0.39, 0.29) is 5.39 Å². The van der Waals surface area contributed by atoms with Gasteiger partial charge in [-0.25, -0.2) is 8.78 Å². The highest BCUT2D eigenvalue weighted by molar-refractivity contribution is 6.06. The zero-order valence-corrected chi connectivity index (χ0v) is 15.1. The molecule has 3 rings (SSSR count). The number of halogens is 2. The van der Waals surface area contributed by atoms with Crippen molar-refractivity contribution < 1.29 is 13.5 Å². The molecule has 3 aromatic rings. The number of aromatic nitrogens is 2. The monoisotopic (exact) mass is 360 g/mol. The van der Waals surface area contributed by atoms with E-state index in [1.165, 1.54) is 10.8 Å². The van der Waals surface area contributed by atoms with Gasteiger partial charge in [0.05, 0.1) is 17.5 Å². The molecular weight excluding hydrogens is 338 g/mol. The van der Waals surface area contributed by atoms with E-state index in [9.17, 15) is 13.6 Å². The molecule has 0 fully saturated rings. The first-order valence-corrected chi connectivity index (χ1v) is 8.72. The van der Waals surface area contributed by atoms with Crippen molar-refractivity contribution in [3.63, 3.8) is 0 Å². The normalized spacial score (nSPS) is 11.8. The molecule has 26 heavy (non-hydrogen) atoms. The van der Waals surface area contributed by atoms with Gasteiger partial charge >= 0.3 is 0 Å². The van der Waals surface area contributed by atoms with Crippen LogP contribution in [0, 0.1) is 5.92 Å². The van der Waals surface area contributed by atoms with Gasteiger partial charge in [0.2, 0.25) is 0 Å². The van der Waals surface area contributed by atoms with Crippen LogP contribution < -0.4 is 10.3 Å². The van der Waals surface area contributed by atoms with Crippen LogP contribution >= 0.6 is 0 Å². The summed E-state index contributed by atoms with van der Waals surface area (Å²) in [6.07, 6.45) is 0.557. The summed E-state index contributed by atoms with van der Waals surface area (Å²) in [5, 5.41) is 1.18. The van der Waals surface area contributed by atoms with E-state index in [0.29, 0.717) is 29.2 Å². The highest BCUT2D eigenvalue weighted by Crippen LogP contribution is 2.30. The maximum Gasteiger partial charge on any atom is 0.281 e. The number of pyridine rings is 2. The number of hydrogen-bond donors (Lipinski definition) is 0. The third kappa shape index (κ3) is 3.41. The molecule has 0 spiro atoms. The van der Waals surface area contributed by atoms with Gasteiger partial charge in [-0.15, -0.1) is 0 Å². The summed E-state index contributed by atoms with van der Waals surface area (Å²) in [5.41, 5.74) is -0.304. The molecule has 0 amide bonds. The van der Waals surface area contributed by atoms with E-state index in [2.05, 4.69) is 18.8 Å². The highest BCUT2D eigenvalue weighted by atomic mass is 19.3. The van der Waals surface area contributed by atoms with E-state index >= 15 is 0 Å². The molecule has 0 radical (unpaired) electrons. The first-order chi connectivity index (χ1) is 12.4. The van der Waals surface area contributed by atoms with Crippen LogP contribution in [0.1, 0.15) is 38.8 Å². The minimum absolute atomic E-state index is 0.0249. The molecule has 0 aliphatic carbocycles. The quantitative estimate of drug-likeness (QED) is 0.467. The first kappa shape index (κ1) is 18.3. The topological polar surface area (TPSA) is 44.1 Å². The smallest absolute Gasteiger partial charge is 0.281 e. The van der Waals surface area contributed by atoms with Gasteiger partial charge in [0.1, 0.15) is 11.4 Å². The van der Waals surface area contributed by atoms with Gasteiger partial charge in [0, 0.05) is 30.1 Å². The maximum atomic E-state index is 13.3. The van der Waals surface area contributed by atoms with E-state index in [4.69, 9.17) is 4.74 Å². The summed E-state index contributed by atoms with van der Waals surface area (Å²) in [7, 11) is 1.58. The van der Waals surface area contributed by atoms with Crippen molar-refractivity contribution in [2.45, 2.75) is 33.1 Å². The fraction of sp³-hybridized carbons (Fsp3) is 0.400. The summed E-state index contributed by atoms with van der Waals surface area (Å²) in [6, 6.07) is 7.01. The number of benzene rings is 1. The molecular formula is C20H22F2N2O2. The second-order valence-corrected chi connectivity index (χ2v) is 6.85. The van der Waals surface area contributed by atoms with Gasteiger partial charge in [-0.1, -0.05) is 13.8 Å². The van der Waals surface area contributed by atoms with Crippen molar-refractivity contribution in [1.29, 1.82) is 0 Å². The lowest BCUT2D eigenvalue weighted by Gasteiger charge is -2.13. The van der Waals surface area contributed by atoms with Crippen LogP contribution in [-0.4, -0.2) is 16.2 Å². The molecule has 0 aliphatic heterocycles. The summed E-state index contributed by atoms with van der Waals surface area (Å²) in [4.78, 5) is 16.4. The molecule has 2 heterocycles. The van der Waals surface area contributed by atoms with Crippen molar-refractivity contribution in [3.8, 4) is 5.75 Å². The van der Waals surface area contributed by atoms with Crippen molar-refractivity contribution in [3.05, 3.63) is 46.5 Å². The average molecular weight is 360 g/mol. The Hall–Kier alpha value is -2.50. The lowest BCUT2D eigenvalue weighted by atomic mass is 10.1. The van der Waals surface area contributed by atoms with Gasteiger partial charge in [0.15, 0.2) is 0 Å². The zero-order valence-electron chi connectivity index (χ0n) is 15.1. The molecule has 0 N–H and O–H groups in total. The molecule has 6 heteroatoms. The van der Waals surface area contributed by atoms with Crippen LogP contribution in [-0.2, 0) is 7.05 Å². The Bertz CT molecular complexity index is 996. The number of alkyl halides is 2. The third-order valence-electron chi connectivity index (χ3n) is 4.52. The molecule has 1 aromatic carbocycles. The fourth-order valence-electron chi connectivity index (χ4n) is 3.16. The van der Waals surface area contributed by atoms with Crippen LogP contribution in [0.4, 0.5) is 8.78 Å². The van der Waals surface area contributed by atoms with E-state index in [0.717, 1.165) is 18.2 Å². The van der Waals surface area contributed by atoms with Gasteiger partial charge in [0.25, 0.3) is 12.0 Å². The number of rotatable bonds is 6. The van der Waals surface area contributed by atoms with Gasteiger partial charge in [-0.3, -0.25) is 9.78 Å². The second-order valence-electron chi connectivity index (χ2n) is 6.85. The fourth-order valence-corrected chi connectivity index (χ4v) is 3.16. The Morgan fingerprint density at radius 2 is 1.96 bits per heavy atom. The molecule has 4 nitrogen and oxygen atoms in total. The van der Waals surface area contributed by atoms with Gasteiger partial charge in [-0.2, -0.15) is 0 Å². The first-order valence-electron chi connectivity index (χ1n) is 8.72. The predicted octanol–water partition coefficient (Wildman–Crippen LogP) is 4.84. The molecule has 0 bridgehead atoms. The minimum Gasteiger partial charge on any atom is -0.494 e. The van der Waals surface area contributed by atoms with E-state index < -0.39 is 17.7 Å². The molecule has 2 aromatic heterocycles. The molecule has 0 saturated heterocycles. The van der Waals surface area contributed by atoms with Gasteiger partial charge in [-0.05, 0) is 37.0 Å². The number of hydrogen-bond acceptors (Lipinski definition) is 3. The second kappa shape index (κ2) is 7.40. The molecule has 0 atom stereocenters. The maximum absolute atomic E-state index is 13.3. The van der Waals surface area contributed by atoms with E-state index in [1.54, 1.807) is 19.2 Å². The highest BCUT2D eigenvalue weighted by Gasteiger charge is 2.19. The third-order valence-corrected chi connectivity index (χ3v) is 4.52. The van der Waals surface area contributed by atoms with Crippen LogP contribution in [0.2, 0.25) is 0 Å². The minimum atomic E-state index is -2.80. The predicted molar refractivity (Wildman–Crippen MR) is 99.0 cm³/mol. The van der Waals surface area contributed by atoms with Crippen molar-refractivity contribution in [2.24, 2.45) is 13.0 Å². The Balaban J connectivity index is 2.07. The summed E-state index contributed by atoms with van der Waals surface area (Å²) < 4.78 is 33.7. The van der Waals surface area contributed by atoms with Crippen LogP contribution in [0.15, 0.2) is 35.3 Å². The van der Waals surface area contributed by atoms with Crippen molar-refractivity contribution in [2.75, 3.05) is 6.61 Å². The zero-order chi connectivity index (χ0) is 18.8. The van der Waals surface area contributed by atoms with Crippen molar-refractivity contribution in [1.82, 2.24) is 9.55 Å². The molecule has 138 valence electrons. The van der Waals surface area contributed by atoms with Crippen LogP contribution in [0.3, 0.4) is 0 Å². The Kier molecular flexibility index (Phi) is 5.20. The largest absolute Gasteiger partial charge is 0.494 e. The standard InChI is InChI=1S/C20H22F2N2O2/c1-12(2)5-4-10-26-13-6-7-14-15-8-9-23-18(19(21)22)17(15)20(25)24(3)16(14)11-13/h6-9,11-12,19H,4-5,10H2,1-3H3. The Morgan fingerprint density at radius 1 is 1.19 bits per heavy atom. The number of fused-ring (bicyclic) bond motifs is 3. The number of nitrogens with zero attached hydrogens (tertiary/aromatic N) is 2. The summed E-state index contributed by atoms with van der Waals surface area (Å²) in [5.74, 6) is 1.29. The Morgan fingerprint density at radius 3 is 2.65 bits per heavy atom. The summed E-state index contributed by atoms with van der Waals surface area (Å²) in [6.45, 7) is 4.93. The summed E-state index contributed by atoms with van der Waals surface area (Å²) >= 11 is 0. The van der Waals surface area contributed by atoms with Crippen LogP contribution in [0.25, 0.3) is 21.7 Å². The van der Waals surface area contributed by atoms with Gasteiger partial charge < -0.3 is 9.30 Å². The van der Waals surface area contributed by atoms with Crippen molar-refractivity contribution >= 4 is 21.7 Å². The Labute approximate surface area is 150 Å². The van der Waals surface area contributed by atoms with E-state index in [1.807, 2.05) is 12.1 Å². The molecule has 0 unspecified atom stereocenters. The lowest BCUT2D eigenvalue weighted by Crippen LogP contribution is -2.19. The number of aryl methyl sites for hydroxylation is 1.